The second-order valence-corrected chi connectivity index (χ2v) is 4.20. The Kier molecular flexibility index (Phi) is 5.47. The van der Waals surface area contributed by atoms with Gasteiger partial charge in [-0.15, -0.1) is 0 Å². The summed E-state index contributed by atoms with van der Waals surface area (Å²) in [5.74, 6) is 0.266. The number of benzene rings is 1. The molecule has 2 nitrogen and oxygen atoms in total. The lowest BCUT2D eigenvalue weighted by Gasteiger charge is -2.16. The molecule has 0 radical (unpaired) electrons. The van der Waals surface area contributed by atoms with Crippen LogP contribution in [0.1, 0.15) is 25.3 Å². The molecule has 0 aliphatic carbocycles. The van der Waals surface area contributed by atoms with Gasteiger partial charge in [0.05, 0.1) is 11.7 Å². The Bertz CT molecular complexity index is 365. The average Bonchev–Trinajstić information content (AvgIpc) is 2.28. The number of alkyl halides is 3. The molecular formula is C13H18F3NO. The van der Waals surface area contributed by atoms with Crippen molar-refractivity contribution in [2.45, 2.75) is 32.0 Å². The number of rotatable bonds is 6. The fourth-order valence-electron chi connectivity index (χ4n) is 1.60. The molecule has 0 fully saturated rings. The molecule has 0 aliphatic heterocycles. The zero-order valence-electron chi connectivity index (χ0n) is 10.6. The largest absolute Gasteiger partial charge is 0.491 e. The quantitative estimate of drug-likeness (QED) is 0.792. The number of hydrogen-bond acceptors (Lipinski definition) is 2. The lowest BCUT2D eigenvalue weighted by molar-refractivity contribution is -0.137. The van der Waals surface area contributed by atoms with Crippen LogP contribution >= 0.6 is 0 Å². The minimum Gasteiger partial charge on any atom is -0.491 e. The van der Waals surface area contributed by atoms with Gasteiger partial charge in [0, 0.05) is 0 Å². The zero-order valence-corrected chi connectivity index (χ0v) is 10.6. The van der Waals surface area contributed by atoms with Gasteiger partial charge in [0.1, 0.15) is 5.75 Å². The first kappa shape index (κ1) is 14.8. The summed E-state index contributed by atoms with van der Waals surface area (Å²) in [5, 5.41) is 3.01. The second-order valence-electron chi connectivity index (χ2n) is 4.20. The smallest absolute Gasteiger partial charge is 0.416 e. The molecule has 1 unspecified atom stereocenters. The molecule has 18 heavy (non-hydrogen) atoms. The van der Waals surface area contributed by atoms with Gasteiger partial charge in [0.2, 0.25) is 0 Å². The summed E-state index contributed by atoms with van der Waals surface area (Å²) in [4.78, 5) is 0. The Morgan fingerprint density at radius 1 is 1.33 bits per heavy atom. The van der Waals surface area contributed by atoms with Crippen molar-refractivity contribution in [2.75, 3.05) is 13.6 Å². The van der Waals surface area contributed by atoms with Crippen LogP contribution in [0.2, 0.25) is 0 Å². The Hall–Kier alpha value is -1.23. The van der Waals surface area contributed by atoms with E-state index in [0.29, 0.717) is 0 Å². The average molecular weight is 261 g/mol. The third-order valence-corrected chi connectivity index (χ3v) is 2.54. The highest BCUT2D eigenvalue weighted by Crippen LogP contribution is 2.31. The maximum atomic E-state index is 12.5. The predicted octanol–water partition coefficient (Wildman–Crippen LogP) is 3.47. The first-order valence-electron chi connectivity index (χ1n) is 5.92. The van der Waals surface area contributed by atoms with Crippen LogP contribution in [0.5, 0.6) is 5.75 Å². The van der Waals surface area contributed by atoms with E-state index < -0.39 is 11.7 Å². The Balaban J connectivity index is 2.57. The third kappa shape index (κ3) is 4.96. The molecule has 0 saturated heterocycles. The first-order chi connectivity index (χ1) is 8.43. The van der Waals surface area contributed by atoms with Crippen LogP contribution in [0.4, 0.5) is 13.2 Å². The molecule has 1 aromatic rings. The summed E-state index contributed by atoms with van der Waals surface area (Å²) < 4.78 is 42.9. The van der Waals surface area contributed by atoms with Crippen LogP contribution in [0.15, 0.2) is 24.3 Å². The van der Waals surface area contributed by atoms with E-state index in [4.69, 9.17) is 4.74 Å². The third-order valence-electron chi connectivity index (χ3n) is 2.54. The molecule has 1 rings (SSSR count). The molecule has 102 valence electrons. The topological polar surface area (TPSA) is 21.3 Å². The number of nitrogens with one attached hydrogen (secondary N) is 1. The van der Waals surface area contributed by atoms with Crippen molar-refractivity contribution >= 4 is 0 Å². The van der Waals surface area contributed by atoms with Crippen molar-refractivity contribution in [2.24, 2.45) is 0 Å². The van der Waals surface area contributed by atoms with Gasteiger partial charge in [-0.2, -0.15) is 13.2 Å². The fourth-order valence-corrected chi connectivity index (χ4v) is 1.60. The molecule has 0 bridgehead atoms. The standard InChI is InChI=1S/C13H18F3NO/c1-10(5-4-8-17-2)18-12-7-3-6-11(9-12)13(14,15)16/h3,6-7,9-10,17H,4-5,8H2,1-2H3. The van der Waals surface area contributed by atoms with Crippen LogP contribution in [0.25, 0.3) is 0 Å². The number of hydrogen-bond donors (Lipinski definition) is 1. The van der Waals surface area contributed by atoms with Crippen molar-refractivity contribution in [1.82, 2.24) is 5.32 Å². The van der Waals surface area contributed by atoms with Gasteiger partial charge in [-0.3, -0.25) is 0 Å². The van der Waals surface area contributed by atoms with Gasteiger partial charge >= 0.3 is 6.18 Å². The van der Waals surface area contributed by atoms with E-state index >= 15 is 0 Å². The minimum atomic E-state index is -4.32. The number of ether oxygens (including phenoxy) is 1. The molecule has 1 atom stereocenters. The SMILES string of the molecule is CNCCCC(C)Oc1cccc(C(F)(F)F)c1. The van der Waals surface area contributed by atoms with Gasteiger partial charge in [-0.05, 0) is 51.6 Å². The predicted molar refractivity (Wildman–Crippen MR) is 64.7 cm³/mol. The monoisotopic (exact) mass is 261 g/mol. The Labute approximate surface area is 105 Å². The molecule has 0 aliphatic rings. The Morgan fingerprint density at radius 3 is 2.67 bits per heavy atom. The summed E-state index contributed by atoms with van der Waals surface area (Å²) >= 11 is 0. The van der Waals surface area contributed by atoms with Gasteiger partial charge in [-0.1, -0.05) is 6.07 Å². The summed E-state index contributed by atoms with van der Waals surface area (Å²) in [5.41, 5.74) is -0.678. The molecule has 1 N–H and O–H groups in total. The van der Waals surface area contributed by atoms with E-state index in [2.05, 4.69) is 5.32 Å². The maximum absolute atomic E-state index is 12.5. The van der Waals surface area contributed by atoms with Gasteiger partial charge in [0.15, 0.2) is 0 Å². The van der Waals surface area contributed by atoms with Crippen LogP contribution in [-0.4, -0.2) is 19.7 Å². The molecule has 0 saturated carbocycles. The van der Waals surface area contributed by atoms with Crippen molar-refractivity contribution in [1.29, 1.82) is 0 Å². The van der Waals surface area contributed by atoms with Crippen LogP contribution in [0.3, 0.4) is 0 Å². The van der Waals surface area contributed by atoms with E-state index in [1.807, 2.05) is 14.0 Å². The number of halogens is 3. The van der Waals surface area contributed by atoms with Gasteiger partial charge in [-0.25, -0.2) is 0 Å². The summed E-state index contributed by atoms with van der Waals surface area (Å²) in [6, 6.07) is 4.98. The zero-order chi connectivity index (χ0) is 13.6. The fraction of sp³-hybridized carbons (Fsp3) is 0.538. The molecule has 1 aromatic carbocycles. The second kappa shape index (κ2) is 6.64. The van der Waals surface area contributed by atoms with E-state index in [1.165, 1.54) is 6.07 Å². The highest BCUT2D eigenvalue weighted by Gasteiger charge is 2.30. The van der Waals surface area contributed by atoms with Crippen molar-refractivity contribution in [3.8, 4) is 5.75 Å². The molecule has 5 heteroatoms. The molecule has 0 aromatic heterocycles. The maximum Gasteiger partial charge on any atom is 0.416 e. The van der Waals surface area contributed by atoms with Crippen LogP contribution in [-0.2, 0) is 6.18 Å². The van der Waals surface area contributed by atoms with Gasteiger partial charge < -0.3 is 10.1 Å². The van der Waals surface area contributed by atoms with Crippen LogP contribution < -0.4 is 10.1 Å². The molecular weight excluding hydrogens is 243 g/mol. The van der Waals surface area contributed by atoms with Crippen molar-refractivity contribution in [3.05, 3.63) is 29.8 Å². The van der Waals surface area contributed by atoms with E-state index in [-0.39, 0.29) is 11.9 Å². The molecule has 0 amide bonds. The lowest BCUT2D eigenvalue weighted by atomic mass is 10.2. The van der Waals surface area contributed by atoms with Crippen molar-refractivity contribution in [3.63, 3.8) is 0 Å². The summed E-state index contributed by atoms with van der Waals surface area (Å²) in [7, 11) is 1.86. The highest BCUT2D eigenvalue weighted by atomic mass is 19.4. The molecule has 0 spiro atoms. The molecule has 0 heterocycles. The van der Waals surface area contributed by atoms with Gasteiger partial charge in [0.25, 0.3) is 0 Å². The van der Waals surface area contributed by atoms with E-state index in [9.17, 15) is 13.2 Å². The summed E-state index contributed by atoms with van der Waals surface area (Å²) in [6.07, 6.45) is -2.69. The van der Waals surface area contributed by atoms with E-state index in [1.54, 1.807) is 6.07 Å². The van der Waals surface area contributed by atoms with Crippen LogP contribution in [0, 0.1) is 0 Å². The minimum absolute atomic E-state index is 0.0955. The lowest BCUT2D eigenvalue weighted by Crippen LogP contribution is -2.16. The Morgan fingerprint density at radius 2 is 2.06 bits per heavy atom. The normalized spacial score (nSPS) is 13.4. The summed E-state index contributed by atoms with van der Waals surface area (Å²) in [6.45, 7) is 2.73. The van der Waals surface area contributed by atoms with Crippen molar-refractivity contribution < 1.29 is 17.9 Å². The van der Waals surface area contributed by atoms with E-state index in [0.717, 1.165) is 31.5 Å². The highest BCUT2D eigenvalue weighted by molar-refractivity contribution is 5.30. The first-order valence-corrected chi connectivity index (χ1v) is 5.92.